The van der Waals surface area contributed by atoms with Crippen LogP contribution >= 0.6 is 0 Å². The molecule has 0 fully saturated rings. The zero-order valence-electron chi connectivity index (χ0n) is 7.82. The van der Waals surface area contributed by atoms with Crippen LogP contribution in [0.4, 0.5) is 0 Å². The minimum Gasteiger partial charge on any atom is -0.457 e. The van der Waals surface area contributed by atoms with Crippen molar-refractivity contribution in [3.63, 3.8) is 0 Å². The van der Waals surface area contributed by atoms with E-state index in [4.69, 9.17) is 9.15 Å². The first-order valence-corrected chi connectivity index (χ1v) is 4.36. The molecular formula is C11H10O3. The molecule has 0 saturated carbocycles. The summed E-state index contributed by atoms with van der Waals surface area (Å²) < 4.78 is 10.5. The van der Waals surface area contributed by atoms with E-state index < -0.39 is 0 Å². The number of hydrogen-bond donors (Lipinski definition) is 0. The summed E-state index contributed by atoms with van der Waals surface area (Å²) in [6.45, 7) is 1.53. The molecule has 3 nitrogen and oxygen atoms in total. The van der Waals surface area contributed by atoms with Crippen LogP contribution in [0.3, 0.4) is 0 Å². The lowest BCUT2D eigenvalue weighted by molar-refractivity contribution is -0.119. The maximum Gasteiger partial charge on any atom is 0.285 e. The van der Waals surface area contributed by atoms with E-state index in [-0.39, 0.29) is 12.4 Å². The van der Waals surface area contributed by atoms with Crippen LogP contribution in [0.15, 0.2) is 34.7 Å². The molecule has 0 saturated heterocycles. The van der Waals surface area contributed by atoms with Gasteiger partial charge in [-0.3, -0.25) is 4.79 Å². The molecule has 1 heterocycles. The Labute approximate surface area is 81.3 Å². The van der Waals surface area contributed by atoms with Gasteiger partial charge in [0.25, 0.3) is 5.95 Å². The summed E-state index contributed by atoms with van der Waals surface area (Å²) in [4.78, 5) is 10.7. The van der Waals surface area contributed by atoms with Crippen LogP contribution in [0.2, 0.25) is 0 Å². The SMILES string of the molecule is CC(=O)COc1cc2ccccc2o1. The van der Waals surface area contributed by atoms with Crippen LogP contribution in [-0.2, 0) is 4.79 Å². The Hall–Kier alpha value is -1.77. The second-order valence-corrected chi connectivity index (χ2v) is 3.09. The molecule has 2 rings (SSSR count). The lowest BCUT2D eigenvalue weighted by Gasteiger charge is -1.96. The number of carbonyl (C=O) groups excluding carboxylic acids is 1. The van der Waals surface area contributed by atoms with Crippen molar-refractivity contribution in [3.05, 3.63) is 30.3 Å². The van der Waals surface area contributed by atoms with Crippen molar-refractivity contribution in [2.45, 2.75) is 6.92 Å². The van der Waals surface area contributed by atoms with Gasteiger partial charge < -0.3 is 9.15 Å². The summed E-state index contributed by atoms with van der Waals surface area (Å²) >= 11 is 0. The number of ether oxygens (including phenoxy) is 1. The van der Waals surface area contributed by atoms with Crippen molar-refractivity contribution < 1.29 is 13.9 Å². The second-order valence-electron chi connectivity index (χ2n) is 3.09. The van der Waals surface area contributed by atoms with Gasteiger partial charge >= 0.3 is 0 Å². The average Bonchev–Trinajstić information content (AvgIpc) is 2.57. The van der Waals surface area contributed by atoms with E-state index in [2.05, 4.69) is 0 Å². The largest absolute Gasteiger partial charge is 0.457 e. The predicted octanol–water partition coefficient (Wildman–Crippen LogP) is 2.40. The van der Waals surface area contributed by atoms with Crippen molar-refractivity contribution in [2.75, 3.05) is 6.61 Å². The fourth-order valence-corrected chi connectivity index (χ4v) is 1.20. The third kappa shape index (κ3) is 1.76. The molecule has 1 aromatic heterocycles. The number of furan rings is 1. The van der Waals surface area contributed by atoms with Crippen molar-refractivity contribution in [1.82, 2.24) is 0 Å². The molecular weight excluding hydrogens is 180 g/mol. The van der Waals surface area contributed by atoms with Crippen molar-refractivity contribution in [1.29, 1.82) is 0 Å². The van der Waals surface area contributed by atoms with Gasteiger partial charge in [-0.05, 0) is 13.0 Å². The molecule has 0 aliphatic rings. The number of benzene rings is 1. The summed E-state index contributed by atoms with van der Waals surface area (Å²) in [5.41, 5.74) is 0.769. The van der Waals surface area contributed by atoms with E-state index in [1.807, 2.05) is 24.3 Å². The van der Waals surface area contributed by atoms with Gasteiger partial charge in [0.15, 0.2) is 5.78 Å². The van der Waals surface area contributed by atoms with Gasteiger partial charge in [-0.1, -0.05) is 18.2 Å². The highest BCUT2D eigenvalue weighted by molar-refractivity contribution is 5.79. The number of ketones is 1. The monoisotopic (exact) mass is 190 g/mol. The highest BCUT2D eigenvalue weighted by Gasteiger charge is 2.04. The fraction of sp³-hybridized carbons (Fsp3) is 0.182. The first kappa shape index (κ1) is 8.81. The van der Waals surface area contributed by atoms with Gasteiger partial charge in [0.1, 0.15) is 12.2 Å². The van der Waals surface area contributed by atoms with Crippen molar-refractivity contribution >= 4 is 16.8 Å². The molecule has 14 heavy (non-hydrogen) atoms. The van der Waals surface area contributed by atoms with E-state index >= 15 is 0 Å². The zero-order chi connectivity index (χ0) is 9.97. The molecule has 0 spiro atoms. The Balaban J connectivity index is 2.22. The Morgan fingerprint density at radius 3 is 2.93 bits per heavy atom. The number of hydrogen-bond acceptors (Lipinski definition) is 3. The number of para-hydroxylation sites is 1. The summed E-state index contributed by atoms with van der Waals surface area (Å²) in [5.74, 6) is 0.367. The lowest BCUT2D eigenvalue weighted by atomic mass is 10.3. The molecule has 0 bridgehead atoms. The maximum atomic E-state index is 10.7. The molecule has 0 amide bonds. The minimum absolute atomic E-state index is 0.0227. The van der Waals surface area contributed by atoms with E-state index in [1.54, 1.807) is 6.07 Å². The zero-order valence-corrected chi connectivity index (χ0v) is 7.82. The highest BCUT2D eigenvalue weighted by atomic mass is 16.6. The Kier molecular flexibility index (Phi) is 2.23. The first-order chi connectivity index (χ1) is 6.75. The molecule has 0 atom stereocenters. The fourth-order valence-electron chi connectivity index (χ4n) is 1.20. The molecule has 72 valence electrons. The first-order valence-electron chi connectivity index (χ1n) is 4.36. The van der Waals surface area contributed by atoms with Gasteiger partial charge in [-0.25, -0.2) is 0 Å². The van der Waals surface area contributed by atoms with Crippen LogP contribution in [0.1, 0.15) is 6.92 Å². The standard InChI is InChI=1S/C11H10O3/c1-8(12)7-13-11-6-9-4-2-3-5-10(9)14-11/h2-6H,7H2,1H3. The molecule has 0 aliphatic heterocycles. The quantitative estimate of drug-likeness (QED) is 0.746. The smallest absolute Gasteiger partial charge is 0.285 e. The van der Waals surface area contributed by atoms with Crippen LogP contribution < -0.4 is 4.74 Å². The number of Topliss-reactive ketones (excluding diaryl/α,β-unsaturated/α-hetero) is 1. The van der Waals surface area contributed by atoms with Crippen molar-refractivity contribution in [2.24, 2.45) is 0 Å². The Bertz CT molecular complexity index is 423. The Morgan fingerprint density at radius 1 is 1.43 bits per heavy atom. The third-order valence-electron chi connectivity index (χ3n) is 1.82. The summed E-state index contributed by atoms with van der Waals surface area (Å²) in [6.07, 6.45) is 0. The molecule has 0 radical (unpaired) electrons. The minimum atomic E-state index is -0.0227. The van der Waals surface area contributed by atoms with Crippen LogP contribution in [-0.4, -0.2) is 12.4 Å². The Morgan fingerprint density at radius 2 is 2.21 bits per heavy atom. The predicted molar refractivity (Wildman–Crippen MR) is 52.4 cm³/mol. The molecule has 0 unspecified atom stereocenters. The highest BCUT2D eigenvalue weighted by Crippen LogP contribution is 2.24. The van der Waals surface area contributed by atoms with E-state index in [0.717, 1.165) is 11.0 Å². The van der Waals surface area contributed by atoms with Gasteiger partial charge in [0.2, 0.25) is 0 Å². The number of rotatable bonds is 3. The van der Waals surface area contributed by atoms with Gasteiger partial charge in [0.05, 0.1) is 0 Å². The van der Waals surface area contributed by atoms with Crippen LogP contribution in [0.5, 0.6) is 5.95 Å². The number of carbonyl (C=O) groups is 1. The molecule has 0 N–H and O–H groups in total. The molecule has 2 aromatic rings. The topological polar surface area (TPSA) is 39.4 Å². The van der Waals surface area contributed by atoms with Crippen molar-refractivity contribution in [3.8, 4) is 5.95 Å². The van der Waals surface area contributed by atoms with Crippen LogP contribution in [0, 0.1) is 0 Å². The summed E-state index contributed by atoms with van der Waals surface area (Å²) in [6, 6.07) is 9.38. The third-order valence-corrected chi connectivity index (χ3v) is 1.82. The molecule has 1 aromatic carbocycles. The summed E-state index contributed by atoms with van der Waals surface area (Å²) in [5, 5.41) is 0.978. The van der Waals surface area contributed by atoms with E-state index in [1.165, 1.54) is 6.92 Å². The molecule has 0 aliphatic carbocycles. The van der Waals surface area contributed by atoms with Gasteiger partial charge in [-0.2, -0.15) is 0 Å². The van der Waals surface area contributed by atoms with Gasteiger partial charge in [0, 0.05) is 11.5 Å². The van der Waals surface area contributed by atoms with E-state index in [0.29, 0.717) is 5.95 Å². The second kappa shape index (κ2) is 3.54. The number of fused-ring (bicyclic) bond motifs is 1. The van der Waals surface area contributed by atoms with E-state index in [9.17, 15) is 4.79 Å². The average molecular weight is 190 g/mol. The van der Waals surface area contributed by atoms with Gasteiger partial charge in [-0.15, -0.1) is 0 Å². The van der Waals surface area contributed by atoms with Crippen LogP contribution in [0.25, 0.3) is 11.0 Å². The normalized spacial score (nSPS) is 10.4. The summed E-state index contributed by atoms with van der Waals surface area (Å²) in [7, 11) is 0. The molecule has 3 heteroatoms. The lowest BCUT2D eigenvalue weighted by Crippen LogP contribution is -2.05. The maximum absolute atomic E-state index is 10.7.